The summed E-state index contributed by atoms with van der Waals surface area (Å²) in [5.41, 5.74) is 0. The maximum absolute atomic E-state index is 5.95. The van der Waals surface area contributed by atoms with Gasteiger partial charge in [0.1, 0.15) is 5.75 Å². The van der Waals surface area contributed by atoms with Gasteiger partial charge in [-0.15, -0.1) is 12.4 Å². The standard InChI is InChI=1S/C18H23NOS.ClH/c1-19-14-8-3-9-15-20-17-12-6-7-13-18(17)21-16-10-4-2-5-11-16;/h2,4-7,10-13,19H,3,8-9,14-15H2,1H3;1H. The molecule has 0 atom stereocenters. The van der Waals surface area contributed by atoms with Gasteiger partial charge in [-0.25, -0.2) is 0 Å². The molecule has 0 aromatic heterocycles. The minimum Gasteiger partial charge on any atom is -0.492 e. The number of benzene rings is 2. The molecule has 0 saturated carbocycles. The molecule has 120 valence electrons. The van der Waals surface area contributed by atoms with Gasteiger partial charge in [0.2, 0.25) is 0 Å². The van der Waals surface area contributed by atoms with Gasteiger partial charge in [0.15, 0.2) is 0 Å². The van der Waals surface area contributed by atoms with E-state index in [9.17, 15) is 0 Å². The van der Waals surface area contributed by atoms with Crippen LogP contribution >= 0.6 is 24.2 Å². The van der Waals surface area contributed by atoms with Crippen molar-refractivity contribution in [3.8, 4) is 5.75 Å². The summed E-state index contributed by atoms with van der Waals surface area (Å²) in [6, 6.07) is 18.7. The Balaban J connectivity index is 0.00000242. The third kappa shape index (κ3) is 6.73. The number of para-hydroxylation sites is 1. The average Bonchev–Trinajstić information content (AvgIpc) is 2.53. The van der Waals surface area contributed by atoms with Gasteiger partial charge >= 0.3 is 0 Å². The molecule has 0 bridgehead atoms. The van der Waals surface area contributed by atoms with E-state index in [1.165, 1.54) is 22.6 Å². The molecule has 4 heteroatoms. The number of nitrogens with one attached hydrogen (secondary N) is 1. The SMILES string of the molecule is CNCCCCCOc1ccccc1Sc1ccccc1.Cl. The fourth-order valence-electron chi connectivity index (χ4n) is 2.03. The first kappa shape index (κ1) is 18.9. The van der Waals surface area contributed by atoms with Crippen molar-refractivity contribution in [3.63, 3.8) is 0 Å². The monoisotopic (exact) mass is 337 g/mol. The van der Waals surface area contributed by atoms with Crippen molar-refractivity contribution in [1.29, 1.82) is 0 Å². The zero-order valence-electron chi connectivity index (χ0n) is 13.0. The van der Waals surface area contributed by atoms with Gasteiger partial charge in [0, 0.05) is 4.90 Å². The van der Waals surface area contributed by atoms with Crippen LogP contribution in [0.2, 0.25) is 0 Å². The zero-order valence-corrected chi connectivity index (χ0v) is 14.6. The van der Waals surface area contributed by atoms with Crippen LogP contribution in [0.3, 0.4) is 0 Å². The zero-order chi connectivity index (χ0) is 14.8. The van der Waals surface area contributed by atoms with Gasteiger partial charge in [-0.1, -0.05) is 42.1 Å². The number of ether oxygens (including phenoxy) is 1. The minimum absolute atomic E-state index is 0. The summed E-state index contributed by atoms with van der Waals surface area (Å²) in [5, 5.41) is 3.17. The van der Waals surface area contributed by atoms with Crippen molar-refractivity contribution in [2.75, 3.05) is 20.2 Å². The summed E-state index contributed by atoms with van der Waals surface area (Å²) in [5.74, 6) is 0.986. The molecule has 0 radical (unpaired) electrons. The lowest BCUT2D eigenvalue weighted by Crippen LogP contribution is -2.08. The van der Waals surface area contributed by atoms with E-state index in [0.29, 0.717) is 0 Å². The van der Waals surface area contributed by atoms with E-state index in [-0.39, 0.29) is 12.4 Å². The molecule has 0 unspecified atom stereocenters. The second-order valence-corrected chi connectivity index (χ2v) is 5.99. The van der Waals surface area contributed by atoms with Crippen LogP contribution in [-0.2, 0) is 0 Å². The molecule has 0 aliphatic heterocycles. The summed E-state index contributed by atoms with van der Waals surface area (Å²) in [6.45, 7) is 1.87. The highest BCUT2D eigenvalue weighted by Crippen LogP contribution is 2.34. The minimum atomic E-state index is 0. The molecule has 0 saturated heterocycles. The molecular formula is C18H24ClNOS. The van der Waals surface area contributed by atoms with E-state index in [0.717, 1.165) is 25.3 Å². The van der Waals surface area contributed by atoms with E-state index >= 15 is 0 Å². The third-order valence-corrected chi connectivity index (χ3v) is 4.21. The van der Waals surface area contributed by atoms with Crippen LogP contribution in [0.25, 0.3) is 0 Å². The largest absolute Gasteiger partial charge is 0.492 e. The lowest BCUT2D eigenvalue weighted by Gasteiger charge is -2.11. The molecular weight excluding hydrogens is 314 g/mol. The van der Waals surface area contributed by atoms with Crippen LogP contribution in [0.4, 0.5) is 0 Å². The van der Waals surface area contributed by atoms with Crippen molar-refractivity contribution < 1.29 is 4.74 Å². The molecule has 2 aromatic carbocycles. The normalized spacial score (nSPS) is 10.0. The topological polar surface area (TPSA) is 21.3 Å². The number of rotatable bonds is 9. The summed E-state index contributed by atoms with van der Waals surface area (Å²) in [4.78, 5) is 2.42. The smallest absolute Gasteiger partial charge is 0.133 e. The second-order valence-electron chi connectivity index (χ2n) is 4.87. The van der Waals surface area contributed by atoms with Gasteiger partial charge in [-0.3, -0.25) is 0 Å². The maximum atomic E-state index is 5.95. The van der Waals surface area contributed by atoms with Crippen LogP contribution < -0.4 is 10.1 Å². The van der Waals surface area contributed by atoms with Gasteiger partial charge in [0.25, 0.3) is 0 Å². The van der Waals surface area contributed by atoms with Gasteiger partial charge < -0.3 is 10.1 Å². The summed E-state index contributed by atoms with van der Waals surface area (Å²) >= 11 is 1.75. The Kier molecular flexibility index (Phi) is 9.80. The molecule has 22 heavy (non-hydrogen) atoms. The Labute approximate surface area is 144 Å². The molecule has 2 aromatic rings. The maximum Gasteiger partial charge on any atom is 0.133 e. The van der Waals surface area contributed by atoms with Crippen LogP contribution in [0.15, 0.2) is 64.4 Å². The van der Waals surface area contributed by atoms with E-state index in [1.54, 1.807) is 11.8 Å². The van der Waals surface area contributed by atoms with Crippen LogP contribution in [0.1, 0.15) is 19.3 Å². The fraction of sp³-hybridized carbons (Fsp3) is 0.333. The summed E-state index contributed by atoms with van der Waals surface area (Å²) < 4.78 is 5.95. The Morgan fingerprint density at radius 3 is 2.41 bits per heavy atom. The van der Waals surface area contributed by atoms with Crippen LogP contribution in [0, 0.1) is 0 Å². The van der Waals surface area contributed by atoms with Crippen molar-refractivity contribution in [2.24, 2.45) is 0 Å². The second kappa shape index (κ2) is 11.4. The lowest BCUT2D eigenvalue weighted by atomic mass is 10.2. The van der Waals surface area contributed by atoms with Crippen molar-refractivity contribution in [2.45, 2.75) is 29.1 Å². The molecule has 0 fully saturated rings. The molecule has 0 aliphatic rings. The summed E-state index contributed by atoms with van der Waals surface area (Å²) in [6.07, 6.45) is 3.52. The molecule has 2 nitrogen and oxygen atoms in total. The average molecular weight is 338 g/mol. The first-order valence-electron chi connectivity index (χ1n) is 7.49. The van der Waals surface area contributed by atoms with Crippen LogP contribution in [-0.4, -0.2) is 20.2 Å². The number of halogens is 1. The Morgan fingerprint density at radius 2 is 1.64 bits per heavy atom. The van der Waals surface area contributed by atoms with Gasteiger partial charge in [-0.05, 0) is 57.1 Å². The predicted molar refractivity (Wildman–Crippen MR) is 97.5 cm³/mol. The number of hydrogen-bond acceptors (Lipinski definition) is 3. The van der Waals surface area contributed by atoms with Crippen molar-refractivity contribution in [3.05, 3.63) is 54.6 Å². The quantitative estimate of drug-likeness (QED) is 0.648. The van der Waals surface area contributed by atoms with Crippen molar-refractivity contribution in [1.82, 2.24) is 5.32 Å². The molecule has 0 heterocycles. The predicted octanol–water partition coefficient (Wildman–Crippen LogP) is 5.03. The molecule has 0 spiro atoms. The first-order valence-corrected chi connectivity index (χ1v) is 8.31. The van der Waals surface area contributed by atoms with Gasteiger partial charge in [-0.2, -0.15) is 0 Å². The van der Waals surface area contributed by atoms with Crippen LogP contribution in [0.5, 0.6) is 5.75 Å². The van der Waals surface area contributed by atoms with Gasteiger partial charge in [0.05, 0.1) is 11.5 Å². The molecule has 0 amide bonds. The Hall–Kier alpha value is -1.16. The highest BCUT2D eigenvalue weighted by Gasteiger charge is 2.04. The fourth-order valence-corrected chi connectivity index (χ4v) is 2.95. The van der Waals surface area contributed by atoms with E-state index in [4.69, 9.17) is 4.74 Å². The molecule has 0 aliphatic carbocycles. The Bertz CT molecular complexity index is 522. The highest BCUT2D eigenvalue weighted by molar-refractivity contribution is 7.99. The van der Waals surface area contributed by atoms with E-state index < -0.39 is 0 Å². The van der Waals surface area contributed by atoms with E-state index in [1.807, 2.05) is 19.2 Å². The number of unbranched alkanes of at least 4 members (excludes halogenated alkanes) is 2. The molecule has 1 N–H and O–H groups in total. The third-order valence-electron chi connectivity index (χ3n) is 3.15. The number of hydrogen-bond donors (Lipinski definition) is 1. The van der Waals surface area contributed by atoms with E-state index in [2.05, 4.69) is 47.8 Å². The molecule has 2 rings (SSSR count). The highest BCUT2D eigenvalue weighted by atomic mass is 35.5. The van der Waals surface area contributed by atoms with Crippen molar-refractivity contribution >= 4 is 24.2 Å². The first-order chi connectivity index (χ1) is 10.4. The lowest BCUT2D eigenvalue weighted by molar-refractivity contribution is 0.298. The summed E-state index contributed by atoms with van der Waals surface area (Å²) in [7, 11) is 1.99. The Morgan fingerprint density at radius 1 is 0.909 bits per heavy atom.